The number of sulfonamides is 2. The molecule has 0 aliphatic carbocycles. The number of hydrogen-bond donors (Lipinski definition) is 0. The fourth-order valence-electron chi connectivity index (χ4n) is 1.59. The van der Waals surface area contributed by atoms with Crippen LogP contribution in [0.25, 0.3) is 0 Å². The zero-order valence-corrected chi connectivity index (χ0v) is 15.8. The van der Waals surface area contributed by atoms with Gasteiger partial charge in [-0.1, -0.05) is 17.6 Å². The lowest BCUT2D eigenvalue weighted by Gasteiger charge is -2.35. The second kappa shape index (κ2) is 6.85. The molecule has 0 rings (SSSR count). The highest BCUT2D eigenvalue weighted by Gasteiger charge is 2.62. The van der Waals surface area contributed by atoms with Gasteiger partial charge < -0.3 is 4.43 Å². The Bertz CT molecular complexity index is 558. The minimum absolute atomic E-state index is 0.156. The summed E-state index contributed by atoms with van der Waals surface area (Å²) < 4.78 is 124. The van der Waals surface area contributed by atoms with Crippen molar-refractivity contribution < 1.29 is 47.6 Å². The maximum Gasteiger partial charge on any atom is 0.512 e. The molecule has 0 aromatic carbocycles. The Morgan fingerprint density at radius 3 is 1.35 bits per heavy atom. The zero-order valence-electron chi connectivity index (χ0n) is 12.2. The Kier molecular flexibility index (Phi) is 6.74. The third-order valence-corrected chi connectivity index (χ3v) is 7.80. The van der Waals surface area contributed by atoms with Crippen LogP contribution in [0.5, 0.6) is 0 Å². The van der Waals surface area contributed by atoms with Gasteiger partial charge in [-0.3, -0.25) is 0 Å². The van der Waals surface area contributed by atoms with E-state index in [0.29, 0.717) is 0 Å². The van der Waals surface area contributed by atoms with Crippen LogP contribution in [0.1, 0.15) is 26.7 Å². The molecule has 0 N–H and O–H groups in total. The number of nitrogens with zero attached hydrogens (tertiary/aromatic N) is 1. The predicted octanol–water partition coefficient (Wildman–Crippen LogP) is 0.843. The van der Waals surface area contributed by atoms with Crippen molar-refractivity contribution in [1.29, 1.82) is 0 Å². The normalized spacial score (nSPS) is 15.3. The SMILES string of the molecule is CCC(CC)(CN(S(=O)(=O)C(F)(F)F)S(=O)(=O)C(F)(F)F)O[SiH3]. The Morgan fingerprint density at radius 2 is 1.17 bits per heavy atom. The van der Waals surface area contributed by atoms with Gasteiger partial charge in [0.05, 0.1) is 12.1 Å². The summed E-state index contributed by atoms with van der Waals surface area (Å²) in [5, 5.41) is 0. The largest absolute Gasteiger partial charge is 0.512 e. The van der Waals surface area contributed by atoms with Gasteiger partial charge in [0.1, 0.15) is 10.5 Å². The first-order valence-corrected chi connectivity index (χ1v) is 9.67. The smallest absolute Gasteiger partial charge is 0.421 e. The minimum Gasteiger partial charge on any atom is -0.421 e. The minimum atomic E-state index is -6.78. The summed E-state index contributed by atoms with van der Waals surface area (Å²) in [5.74, 6) is 0. The fourth-order valence-corrected chi connectivity index (χ4v) is 5.11. The second-order valence-electron chi connectivity index (χ2n) is 4.43. The Hall–Kier alpha value is -0.383. The van der Waals surface area contributed by atoms with Crippen molar-refractivity contribution in [2.24, 2.45) is 0 Å². The molecule has 0 heterocycles. The van der Waals surface area contributed by atoms with E-state index in [4.69, 9.17) is 4.43 Å². The van der Waals surface area contributed by atoms with E-state index in [1.807, 2.05) is 0 Å². The van der Waals surface area contributed by atoms with Gasteiger partial charge in [0.2, 0.25) is 0 Å². The topological polar surface area (TPSA) is 80.8 Å². The van der Waals surface area contributed by atoms with E-state index in [1.165, 1.54) is 13.8 Å². The molecule has 0 aliphatic heterocycles. The molecule has 0 saturated heterocycles. The third-order valence-electron chi connectivity index (χ3n) is 3.26. The molecule has 0 fully saturated rings. The molecule has 0 aromatic rings. The molecule has 15 heteroatoms. The number of halogens is 6. The lowest BCUT2D eigenvalue weighted by Crippen LogP contribution is -2.55. The van der Waals surface area contributed by atoms with E-state index in [9.17, 15) is 43.2 Å². The highest BCUT2D eigenvalue weighted by Crippen LogP contribution is 2.37. The Morgan fingerprint density at radius 1 is 0.870 bits per heavy atom. The molecule has 23 heavy (non-hydrogen) atoms. The molecule has 0 aliphatic rings. The van der Waals surface area contributed by atoms with Crippen LogP contribution < -0.4 is 0 Å². The number of hydrogen-bond acceptors (Lipinski definition) is 5. The lowest BCUT2D eigenvalue weighted by molar-refractivity contribution is -0.0556. The summed E-state index contributed by atoms with van der Waals surface area (Å²) >= 11 is 0. The van der Waals surface area contributed by atoms with Crippen molar-refractivity contribution in [2.75, 3.05) is 6.54 Å². The van der Waals surface area contributed by atoms with Gasteiger partial charge in [0, 0.05) is 0 Å². The van der Waals surface area contributed by atoms with E-state index in [-0.39, 0.29) is 23.3 Å². The summed E-state index contributed by atoms with van der Waals surface area (Å²) in [4.78, 5) is 0. The molecular formula is C8H15F6NO5S2Si. The van der Waals surface area contributed by atoms with E-state index >= 15 is 0 Å². The van der Waals surface area contributed by atoms with E-state index in [0.717, 1.165) is 0 Å². The van der Waals surface area contributed by atoms with E-state index in [2.05, 4.69) is 0 Å². The molecule has 140 valence electrons. The number of alkyl halides is 6. The van der Waals surface area contributed by atoms with Gasteiger partial charge in [-0.2, -0.15) is 26.3 Å². The first-order valence-electron chi connectivity index (χ1n) is 5.98. The van der Waals surface area contributed by atoms with Crippen molar-refractivity contribution in [2.45, 2.75) is 43.3 Å². The van der Waals surface area contributed by atoms with Crippen LogP contribution in [0.15, 0.2) is 0 Å². The van der Waals surface area contributed by atoms with Crippen LogP contribution in [-0.2, 0) is 24.5 Å². The van der Waals surface area contributed by atoms with Crippen LogP contribution >= 0.6 is 0 Å². The van der Waals surface area contributed by atoms with E-state index in [1.54, 1.807) is 0 Å². The van der Waals surface area contributed by atoms with Crippen LogP contribution in [0.2, 0.25) is 0 Å². The van der Waals surface area contributed by atoms with Crippen molar-refractivity contribution >= 4 is 30.5 Å². The predicted molar refractivity (Wildman–Crippen MR) is 71.0 cm³/mol. The monoisotopic (exact) mass is 411 g/mol. The standard InChI is InChI=1S/C8H15F6NO5S2Si/c1-3-6(4-2,20-23)5-15(21(16,17)7(9,10)11)22(18,19)8(12,13)14/h3-5H2,1-2,23H3. The Balaban J connectivity index is 6.40. The third kappa shape index (κ3) is 4.37. The average molecular weight is 411 g/mol. The molecule has 0 aromatic heterocycles. The number of rotatable bonds is 7. The van der Waals surface area contributed by atoms with Crippen LogP contribution in [0.4, 0.5) is 26.3 Å². The van der Waals surface area contributed by atoms with Gasteiger partial charge in [-0.25, -0.2) is 16.8 Å². The summed E-state index contributed by atoms with van der Waals surface area (Å²) in [6.45, 7) is 1.02. The first-order chi connectivity index (χ1) is 10.0. The molecule has 0 atom stereocenters. The first kappa shape index (κ1) is 22.6. The molecule has 0 spiro atoms. The molecule has 0 radical (unpaired) electrons. The van der Waals surface area contributed by atoms with Crippen molar-refractivity contribution in [3.05, 3.63) is 0 Å². The van der Waals surface area contributed by atoms with Crippen LogP contribution in [0.3, 0.4) is 0 Å². The maximum atomic E-state index is 12.6. The van der Waals surface area contributed by atoms with Crippen molar-refractivity contribution in [3.63, 3.8) is 0 Å². The molecular weight excluding hydrogens is 396 g/mol. The van der Waals surface area contributed by atoms with Crippen molar-refractivity contribution in [3.8, 4) is 0 Å². The van der Waals surface area contributed by atoms with Crippen molar-refractivity contribution in [1.82, 2.24) is 3.71 Å². The summed E-state index contributed by atoms with van der Waals surface area (Å²) in [7, 11) is -13.7. The average Bonchev–Trinajstić information content (AvgIpc) is 2.38. The summed E-state index contributed by atoms with van der Waals surface area (Å²) in [5.41, 5.74) is -14.2. The van der Waals surface area contributed by atoms with Crippen LogP contribution in [0, 0.1) is 0 Å². The second-order valence-corrected chi connectivity index (χ2v) is 8.77. The van der Waals surface area contributed by atoms with E-state index < -0.39 is 46.9 Å². The summed E-state index contributed by atoms with van der Waals surface area (Å²) in [6, 6.07) is 0. The summed E-state index contributed by atoms with van der Waals surface area (Å²) in [6.07, 6.45) is -0.380. The van der Waals surface area contributed by atoms with Gasteiger partial charge in [0.15, 0.2) is 0 Å². The fraction of sp³-hybridized carbons (Fsp3) is 1.00. The van der Waals surface area contributed by atoms with Gasteiger partial charge >= 0.3 is 31.1 Å². The Labute approximate surface area is 132 Å². The highest BCUT2D eigenvalue weighted by molar-refractivity contribution is 8.04. The quantitative estimate of drug-likeness (QED) is 0.458. The maximum absolute atomic E-state index is 12.6. The van der Waals surface area contributed by atoms with Gasteiger partial charge in [-0.15, -0.1) is 0 Å². The lowest BCUT2D eigenvalue weighted by atomic mass is 9.98. The van der Waals surface area contributed by atoms with Gasteiger partial charge in [0.25, 0.3) is 0 Å². The van der Waals surface area contributed by atoms with Gasteiger partial charge in [-0.05, 0) is 12.8 Å². The highest BCUT2D eigenvalue weighted by atomic mass is 32.3. The molecule has 0 bridgehead atoms. The molecule has 0 amide bonds. The van der Waals surface area contributed by atoms with Crippen LogP contribution in [-0.4, -0.2) is 54.2 Å². The molecule has 0 saturated carbocycles. The zero-order chi connectivity index (χ0) is 18.9. The molecule has 0 unspecified atom stereocenters. The molecule has 6 nitrogen and oxygen atoms in total.